The topological polar surface area (TPSA) is 68.8 Å². The second-order valence-corrected chi connectivity index (χ2v) is 5.88. The number of aryl methyl sites for hydroxylation is 1. The summed E-state index contributed by atoms with van der Waals surface area (Å²) >= 11 is 0. The Kier molecular flexibility index (Phi) is 4.46. The van der Waals surface area contributed by atoms with Gasteiger partial charge in [-0.15, -0.1) is 0 Å². The first-order valence-electron chi connectivity index (χ1n) is 8.09. The van der Waals surface area contributed by atoms with Crippen LogP contribution >= 0.6 is 0 Å². The van der Waals surface area contributed by atoms with Gasteiger partial charge in [0.25, 0.3) is 0 Å². The van der Waals surface area contributed by atoms with Crippen molar-refractivity contribution in [3.63, 3.8) is 0 Å². The molecule has 0 aliphatic carbocycles. The summed E-state index contributed by atoms with van der Waals surface area (Å²) in [5.41, 5.74) is 10.3. The van der Waals surface area contributed by atoms with Gasteiger partial charge in [0.1, 0.15) is 5.52 Å². The van der Waals surface area contributed by atoms with Crippen molar-refractivity contribution in [2.24, 2.45) is 0 Å². The highest BCUT2D eigenvalue weighted by atomic mass is 15.1. The Balaban J connectivity index is 1.97. The Hall–Kier alpha value is -2.56. The molecule has 0 aliphatic rings. The Morgan fingerprint density at radius 1 is 1.22 bits per heavy atom. The van der Waals surface area contributed by atoms with Crippen molar-refractivity contribution in [2.75, 3.05) is 17.6 Å². The highest BCUT2D eigenvalue weighted by Crippen LogP contribution is 2.23. The number of benzene rings is 1. The van der Waals surface area contributed by atoms with Crippen molar-refractivity contribution in [2.45, 2.75) is 33.2 Å². The zero-order valence-corrected chi connectivity index (χ0v) is 13.7. The molecule has 0 amide bonds. The Bertz CT molecular complexity index is 806. The molecular formula is C18H23N5. The van der Waals surface area contributed by atoms with Crippen LogP contribution in [-0.4, -0.2) is 21.1 Å². The molecule has 0 bridgehead atoms. The summed E-state index contributed by atoms with van der Waals surface area (Å²) in [7, 11) is 0. The number of anilines is 2. The first kappa shape index (κ1) is 15.3. The Labute approximate surface area is 136 Å². The van der Waals surface area contributed by atoms with Crippen molar-refractivity contribution in [1.82, 2.24) is 14.5 Å². The summed E-state index contributed by atoms with van der Waals surface area (Å²) in [4.78, 5) is 8.75. The van der Waals surface area contributed by atoms with Crippen molar-refractivity contribution >= 4 is 22.8 Å². The zero-order chi connectivity index (χ0) is 16.2. The highest BCUT2D eigenvalue weighted by molar-refractivity contribution is 5.87. The molecule has 5 heteroatoms. The minimum absolute atomic E-state index is 0.310. The van der Waals surface area contributed by atoms with Crippen molar-refractivity contribution in [3.8, 4) is 0 Å². The van der Waals surface area contributed by atoms with Crippen LogP contribution in [0, 0.1) is 6.92 Å². The fourth-order valence-electron chi connectivity index (χ4n) is 2.77. The summed E-state index contributed by atoms with van der Waals surface area (Å²) in [5.74, 6) is 1.13. The number of hydrogen-bond donors (Lipinski definition) is 2. The molecule has 0 atom stereocenters. The fourth-order valence-corrected chi connectivity index (χ4v) is 2.77. The van der Waals surface area contributed by atoms with E-state index >= 15 is 0 Å². The van der Waals surface area contributed by atoms with Gasteiger partial charge in [-0.3, -0.25) is 0 Å². The molecule has 0 radical (unpaired) electrons. The number of nitrogen functional groups attached to an aromatic ring is 1. The SMILES string of the molecule is CCCCNc1nc(N)nc2ccn(Cc3cccc(C)c3)c12. The molecule has 0 saturated carbocycles. The van der Waals surface area contributed by atoms with E-state index in [0.29, 0.717) is 5.95 Å². The third-order valence-electron chi connectivity index (χ3n) is 3.89. The zero-order valence-electron chi connectivity index (χ0n) is 13.7. The number of nitrogens with one attached hydrogen (secondary N) is 1. The largest absolute Gasteiger partial charge is 0.368 e. The van der Waals surface area contributed by atoms with E-state index in [4.69, 9.17) is 5.73 Å². The van der Waals surface area contributed by atoms with Crippen molar-refractivity contribution in [1.29, 1.82) is 0 Å². The van der Waals surface area contributed by atoms with Crippen LogP contribution in [0.1, 0.15) is 30.9 Å². The van der Waals surface area contributed by atoms with E-state index < -0.39 is 0 Å². The number of hydrogen-bond acceptors (Lipinski definition) is 4. The van der Waals surface area contributed by atoms with Crippen LogP contribution in [0.2, 0.25) is 0 Å². The standard InChI is InChI=1S/C18H23N5/c1-3-4-9-20-17-16-15(21-18(19)22-17)8-10-23(16)12-14-7-5-6-13(2)11-14/h5-8,10-11H,3-4,9,12H2,1-2H3,(H3,19,20,21,22). The molecule has 3 N–H and O–H groups in total. The van der Waals surface area contributed by atoms with Crippen LogP contribution in [0.3, 0.4) is 0 Å². The summed E-state index contributed by atoms with van der Waals surface area (Å²) in [6, 6.07) is 10.5. The van der Waals surface area contributed by atoms with E-state index in [1.54, 1.807) is 0 Å². The minimum atomic E-state index is 0.310. The van der Waals surface area contributed by atoms with Gasteiger partial charge in [-0.05, 0) is 25.0 Å². The lowest BCUT2D eigenvalue weighted by molar-refractivity contribution is 0.819. The van der Waals surface area contributed by atoms with Crippen LogP contribution in [0.5, 0.6) is 0 Å². The number of fused-ring (bicyclic) bond motifs is 1. The smallest absolute Gasteiger partial charge is 0.222 e. The normalized spacial score (nSPS) is 11.0. The molecule has 23 heavy (non-hydrogen) atoms. The second-order valence-electron chi connectivity index (χ2n) is 5.88. The molecule has 120 valence electrons. The number of nitrogens with zero attached hydrogens (tertiary/aromatic N) is 3. The van der Waals surface area contributed by atoms with Crippen LogP contribution in [0.15, 0.2) is 36.5 Å². The van der Waals surface area contributed by atoms with Crippen molar-refractivity contribution in [3.05, 3.63) is 47.7 Å². The molecule has 0 saturated heterocycles. The van der Waals surface area contributed by atoms with E-state index in [1.807, 2.05) is 12.3 Å². The van der Waals surface area contributed by atoms with Gasteiger partial charge < -0.3 is 15.6 Å². The lowest BCUT2D eigenvalue weighted by Crippen LogP contribution is -2.09. The predicted molar refractivity (Wildman–Crippen MR) is 95.6 cm³/mol. The van der Waals surface area contributed by atoms with Gasteiger partial charge in [0, 0.05) is 19.3 Å². The van der Waals surface area contributed by atoms with Crippen LogP contribution in [0.4, 0.5) is 11.8 Å². The van der Waals surface area contributed by atoms with Gasteiger partial charge in [0.15, 0.2) is 5.82 Å². The molecule has 2 heterocycles. The maximum Gasteiger partial charge on any atom is 0.222 e. The van der Waals surface area contributed by atoms with Gasteiger partial charge in [-0.25, -0.2) is 4.98 Å². The van der Waals surface area contributed by atoms with Crippen LogP contribution < -0.4 is 11.1 Å². The first-order chi connectivity index (χ1) is 11.2. The molecule has 0 spiro atoms. The predicted octanol–water partition coefficient (Wildman–Crippen LogP) is 3.58. The minimum Gasteiger partial charge on any atom is -0.368 e. The summed E-state index contributed by atoms with van der Waals surface area (Å²) < 4.78 is 2.18. The summed E-state index contributed by atoms with van der Waals surface area (Å²) in [6.07, 6.45) is 4.29. The van der Waals surface area contributed by atoms with E-state index in [-0.39, 0.29) is 0 Å². The monoisotopic (exact) mass is 309 g/mol. The molecule has 3 aromatic rings. The second kappa shape index (κ2) is 6.69. The third-order valence-corrected chi connectivity index (χ3v) is 3.89. The summed E-state index contributed by atoms with van der Waals surface area (Å²) in [5, 5.41) is 3.40. The fraction of sp³-hybridized carbons (Fsp3) is 0.333. The van der Waals surface area contributed by atoms with E-state index in [1.165, 1.54) is 11.1 Å². The lowest BCUT2D eigenvalue weighted by atomic mass is 10.1. The van der Waals surface area contributed by atoms with Gasteiger partial charge in [0.05, 0.1) is 5.52 Å². The molecular weight excluding hydrogens is 286 g/mol. The van der Waals surface area contributed by atoms with Gasteiger partial charge in [-0.2, -0.15) is 4.98 Å². The highest BCUT2D eigenvalue weighted by Gasteiger charge is 2.11. The quantitative estimate of drug-likeness (QED) is 0.683. The van der Waals surface area contributed by atoms with Crippen LogP contribution in [-0.2, 0) is 6.54 Å². The van der Waals surface area contributed by atoms with Gasteiger partial charge >= 0.3 is 0 Å². The van der Waals surface area contributed by atoms with E-state index in [2.05, 4.69) is 58.0 Å². The lowest BCUT2D eigenvalue weighted by Gasteiger charge is -2.11. The van der Waals surface area contributed by atoms with Gasteiger partial charge in [0.2, 0.25) is 5.95 Å². The number of nitrogens with two attached hydrogens (primary N) is 1. The Morgan fingerprint density at radius 2 is 2.09 bits per heavy atom. The maximum absolute atomic E-state index is 5.84. The average molecular weight is 309 g/mol. The molecule has 0 unspecified atom stereocenters. The molecule has 3 rings (SSSR count). The molecule has 1 aromatic carbocycles. The molecule has 2 aromatic heterocycles. The van der Waals surface area contributed by atoms with E-state index in [9.17, 15) is 0 Å². The average Bonchev–Trinajstić information content (AvgIpc) is 2.90. The molecule has 0 fully saturated rings. The molecule has 0 aliphatic heterocycles. The molecule has 5 nitrogen and oxygen atoms in total. The first-order valence-corrected chi connectivity index (χ1v) is 8.09. The van der Waals surface area contributed by atoms with Crippen molar-refractivity contribution < 1.29 is 0 Å². The Morgan fingerprint density at radius 3 is 2.87 bits per heavy atom. The number of unbranched alkanes of at least 4 members (excludes halogenated alkanes) is 1. The number of rotatable bonds is 6. The maximum atomic E-state index is 5.84. The summed E-state index contributed by atoms with van der Waals surface area (Å²) in [6.45, 7) is 5.96. The van der Waals surface area contributed by atoms with Crippen LogP contribution in [0.25, 0.3) is 11.0 Å². The third kappa shape index (κ3) is 3.44. The number of aromatic nitrogens is 3. The van der Waals surface area contributed by atoms with Gasteiger partial charge in [-0.1, -0.05) is 43.2 Å². The van der Waals surface area contributed by atoms with E-state index in [0.717, 1.165) is 42.8 Å².